The lowest BCUT2D eigenvalue weighted by molar-refractivity contribution is 0.430. The molecule has 84 valence electrons. The molecule has 0 bridgehead atoms. The number of aromatic nitrogens is 2. The minimum Gasteiger partial charge on any atom is -0.268 e. The van der Waals surface area contributed by atoms with E-state index >= 15 is 0 Å². The Kier molecular flexibility index (Phi) is 2.76. The first-order valence-corrected chi connectivity index (χ1v) is 6.25. The highest BCUT2D eigenvalue weighted by Gasteiger charge is 2.31. The van der Waals surface area contributed by atoms with Gasteiger partial charge in [-0.2, -0.15) is 17.8 Å². The molecule has 0 radical (unpaired) electrons. The summed E-state index contributed by atoms with van der Waals surface area (Å²) in [5, 5.41) is 4.12. The Hall–Kier alpha value is -0.920. The summed E-state index contributed by atoms with van der Waals surface area (Å²) in [6.45, 7) is 1.04. The standard InChI is InChI=1S/C8H14N4O2S/c1-9-15(13,14)11-6-3-8(7-11)12-5-2-4-10-12/h2,4-5,8-9H,3,6-7H2,1H3. The molecule has 1 atom stereocenters. The van der Waals surface area contributed by atoms with Crippen LogP contribution in [0, 0.1) is 0 Å². The smallest absolute Gasteiger partial charge is 0.268 e. The highest BCUT2D eigenvalue weighted by molar-refractivity contribution is 7.87. The Bertz CT molecular complexity index is 414. The third kappa shape index (κ3) is 2.04. The van der Waals surface area contributed by atoms with Gasteiger partial charge < -0.3 is 0 Å². The van der Waals surface area contributed by atoms with Gasteiger partial charge in [-0.15, -0.1) is 0 Å². The van der Waals surface area contributed by atoms with Crippen LogP contribution < -0.4 is 4.72 Å². The molecule has 1 aromatic rings. The first-order valence-electron chi connectivity index (χ1n) is 4.81. The zero-order valence-corrected chi connectivity index (χ0v) is 9.31. The van der Waals surface area contributed by atoms with Gasteiger partial charge in [-0.3, -0.25) is 4.68 Å². The van der Waals surface area contributed by atoms with E-state index in [0.29, 0.717) is 13.1 Å². The van der Waals surface area contributed by atoms with Gasteiger partial charge in [-0.05, 0) is 12.5 Å². The fourth-order valence-electron chi connectivity index (χ4n) is 1.77. The first-order chi connectivity index (χ1) is 7.13. The lowest BCUT2D eigenvalue weighted by Crippen LogP contribution is -2.37. The average Bonchev–Trinajstić information content (AvgIpc) is 2.88. The van der Waals surface area contributed by atoms with Crippen LogP contribution in [0.1, 0.15) is 12.5 Å². The van der Waals surface area contributed by atoms with E-state index in [0.717, 1.165) is 6.42 Å². The van der Waals surface area contributed by atoms with E-state index in [1.165, 1.54) is 11.4 Å². The van der Waals surface area contributed by atoms with Crippen molar-refractivity contribution < 1.29 is 8.42 Å². The molecule has 1 saturated heterocycles. The highest BCUT2D eigenvalue weighted by atomic mass is 32.2. The van der Waals surface area contributed by atoms with Gasteiger partial charge >= 0.3 is 0 Å². The molecule has 7 heteroatoms. The maximum absolute atomic E-state index is 11.5. The molecule has 15 heavy (non-hydrogen) atoms. The quantitative estimate of drug-likeness (QED) is 0.768. The Morgan fingerprint density at radius 3 is 2.93 bits per heavy atom. The monoisotopic (exact) mass is 230 g/mol. The molecule has 0 aromatic carbocycles. The summed E-state index contributed by atoms with van der Waals surface area (Å²) in [5.41, 5.74) is 0. The molecule has 6 nitrogen and oxygen atoms in total. The number of rotatable bonds is 3. The Balaban J connectivity index is 2.08. The molecule has 1 aliphatic heterocycles. The van der Waals surface area contributed by atoms with Crippen molar-refractivity contribution in [3.05, 3.63) is 18.5 Å². The molecule has 1 fully saturated rings. The van der Waals surface area contributed by atoms with Crippen molar-refractivity contribution in [1.29, 1.82) is 0 Å². The molecular formula is C8H14N4O2S. The third-order valence-electron chi connectivity index (χ3n) is 2.62. The molecule has 0 spiro atoms. The lowest BCUT2D eigenvalue weighted by atomic mass is 10.3. The van der Waals surface area contributed by atoms with Gasteiger partial charge in [-0.1, -0.05) is 0 Å². The second-order valence-electron chi connectivity index (χ2n) is 3.50. The molecule has 1 N–H and O–H groups in total. The topological polar surface area (TPSA) is 67.2 Å². The molecule has 1 unspecified atom stereocenters. The first kappa shape index (κ1) is 10.6. The van der Waals surface area contributed by atoms with Crippen molar-refractivity contribution in [1.82, 2.24) is 18.8 Å². The summed E-state index contributed by atoms with van der Waals surface area (Å²) in [7, 11) is -1.85. The van der Waals surface area contributed by atoms with Crippen molar-refractivity contribution in [3.63, 3.8) is 0 Å². The molecule has 0 saturated carbocycles. The number of nitrogens with zero attached hydrogens (tertiary/aromatic N) is 3. The van der Waals surface area contributed by atoms with E-state index in [-0.39, 0.29) is 6.04 Å². The van der Waals surface area contributed by atoms with E-state index < -0.39 is 10.2 Å². The van der Waals surface area contributed by atoms with E-state index in [1.54, 1.807) is 6.20 Å². The largest absolute Gasteiger partial charge is 0.279 e. The van der Waals surface area contributed by atoms with Crippen molar-refractivity contribution >= 4 is 10.2 Å². The van der Waals surface area contributed by atoms with E-state index in [9.17, 15) is 8.42 Å². The van der Waals surface area contributed by atoms with Crippen LogP contribution >= 0.6 is 0 Å². The van der Waals surface area contributed by atoms with Crippen LogP contribution in [-0.2, 0) is 10.2 Å². The maximum Gasteiger partial charge on any atom is 0.279 e. The fourth-order valence-corrected chi connectivity index (χ4v) is 2.74. The van der Waals surface area contributed by atoms with Crippen LogP contribution in [0.5, 0.6) is 0 Å². The summed E-state index contributed by atoms with van der Waals surface area (Å²) in [5.74, 6) is 0. The van der Waals surface area contributed by atoms with Crippen LogP contribution in [0.4, 0.5) is 0 Å². The van der Waals surface area contributed by atoms with Crippen molar-refractivity contribution in [2.24, 2.45) is 0 Å². The fraction of sp³-hybridized carbons (Fsp3) is 0.625. The predicted molar refractivity (Wildman–Crippen MR) is 55.4 cm³/mol. The van der Waals surface area contributed by atoms with Gasteiger partial charge in [0.15, 0.2) is 0 Å². The minimum atomic E-state index is -3.28. The summed E-state index contributed by atoms with van der Waals surface area (Å²) in [6.07, 6.45) is 4.37. The molecule has 2 heterocycles. The van der Waals surface area contributed by atoms with Crippen LogP contribution in [-0.4, -0.2) is 42.6 Å². The van der Waals surface area contributed by atoms with E-state index in [1.807, 2.05) is 16.9 Å². The molecule has 0 amide bonds. The SMILES string of the molecule is CNS(=O)(=O)N1CCC(n2cccn2)C1. The van der Waals surface area contributed by atoms with Crippen molar-refractivity contribution in [2.45, 2.75) is 12.5 Å². The second-order valence-corrected chi connectivity index (χ2v) is 5.37. The predicted octanol–water partition coefficient (Wildman–Crippen LogP) is -0.406. The summed E-state index contributed by atoms with van der Waals surface area (Å²) >= 11 is 0. The maximum atomic E-state index is 11.5. The summed E-state index contributed by atoms with van der Waals surface area (Å²) in [4.78, 5) is 0. The van der Waals surface area contributed by atoms with Gasteiger partial charge in [-0.25, -0.2) is 4.72 Å². The van der Waals surface area contributed by atoms with E-state index in [4.69, 9.17) is 0 Å². The molecule has 1 aromatic heterocycles. The van der Waals surface area contributed by atoms with Crippen molar-refractivity contribution in [3.8, 4) is 0 Å². The minimum absolute atomic E-state index is 0.156. The van der Waals surface area contributed by atoms with Crippen LogP contribution in [0.3, 0.4) is 0 Å². The average molecular weight is 230 g/mol. The van der Waals surface area contributed by atoms with Gasteiger partial charge in [0.25, 0.3) is 10.2 Å². The Morgan fingerprint density at radius 1 is 1.53 bits per heavy atom. The molecular weight excluding hydrogens is 216 g/mol. The zero-order chi connectivity index (χ0) is 10.9. The molecule has 1 aliphatic rings. The van der Waals surface area contributed by atoms with Crippen LogP contribution in [0.2, 0.25) is 0 Å². The Morgan fingerprint density at radius 2 is 2.33 bits per heavy atom. The van der Waals surface area contributed by atoms with Gasteiger partial charge in [0.05, 0.1) is 6.04 Å². The lowest BCUT2D eigenvalue weighted by Gasteiger charge is -2.15. The van der Waals surface area contributed by atoms with Gasteiger partial charge in [0, 0.05) is 32.5 Å². The van der Waals surface area contributed by atoms with Crippen molar-refractivity contribution in [2.75, 3.05) is 20.1 Å². The molecule has 2 rings (SSSR count). The third-order valence-corrected chi connectivity index (χ3v) is 4.15. The van der Waals surface area contributed by atoms with Crippen LogP contribution in [0.25, 0.3) is 0 Å². The van der Waals surface area contributed by atoms with Gasteiger partial charge in [0.2, 0.25) is 0 Å². The molecule has 0 aliphatic carbocycles. The second kappa shape index (κ2) is 3.92. The number of nitrogens with one attached hydrogen (secondary N) is 1. The zero-order valence-electron chi connectivity index (χ0n) is 8.50. The Labute approximate surface area is 89.1 Å². The van der Waals surface area contributed by atoms with E-state index in [2.05, 4.69) is 9.82 Å². The number of hydrogen-bond donors (Lipinski definition) is 1. The number of hydrogen-bond acceptors (Lipinski definition) is 3. The van der Waals surface area contributed by atoms with Crippen LogP contribution in [0.15, 0.2) is 18.5 Å². The summed E-state index contributed by atoms with van der Waals surface area (Å²) < 4.78 is 28.6. The van der Waals surface area contributed by atoms with Gasteiger partial charge in [0.1, 0.15) is 0 Å². The summed E-state index contributed by atoms with van der Waals surface area (Å²) in [6, 6.07) is 2.00. The highest BCUT2D eigenvalue weighted by Crippen LogP contribution is 2.22. The normalized spacial score (nSPS) is 23.4.